The summed E-state index contributed by atoms with van der Waals surface area (Å²) in [5, 5.41) is 3.40. The standard InChI is InChI=1S/C12H26N2O/c1-10(15)11(13)7-5-6-8-14-9-12(2,3)4/h11,14H,5-9,13H2,1-4H3. The van der Waals surface area contributed by atoms with E-state index in [9.17, 15) is 4.79 Å². The predicted octanol–water partition coefficient (Wildman–Crippen LogP) is 1.71. The molecule has 0 aliphatic rings. The normalized spacial score (nSPS) is 13.9. The highest BCUT2D eigenvalue weighted by molar-refractivity contribution is 5.80. The van der Waals surface area contributed by atoms with Crippen molar-refractivity contribution in [3.63, 3.8) is 0 Å². The van der Waals surface area contributed by atoms with Crippen LogP contribution in [0.1, 0.15) is 47.0 Å². The van der Waals surface area contributed by atoms with Crippen LogP contribution < -0.4 is 11.1 Å². The number of carbonyl (C=O) groups excluding carboxylic acids is 1. The fourth-order valence-electron chi connectivity index (χ4n) is 1.28. The van der Waals surface area contributed by atoms with Crippen molar-refractivity contribution in [1.29, 1.82) is 0 Å². The Balaban J connectivity index is 3.29. The third-order valence-electron chi connectivity index (χ3n) is 2.30. The Morgan fingerprint density at radius 1 is 1.33 bits per heavy atom. The minimum Gasteiger partial charge on any atom is -0.322 e. The van der Waals surface area contributed by atoms with Crippen LogP contribution in [-0.4, -0.2) is 24.9 Å². The number of nitrogens with one attached hydrogen (secondary N) is 1. The maximum absolute atomic E-state index is 10.9. The highest BCUT2D eigenvalue weighted by Gasteiger charge is 2.09. The van der Waals surface area contributed by atoms with Crippen molar-refractivity contribution in [2.75, 3.05) is 13.1 Å². The molecule has 0 saturated carbocycles. The third-order valence-corrected chi connectivity index (χ3v) is 2.30. The molecule has 0 amide bonds. The maximum Gasteiger partial charge on any atom is 0.146 e. The number of Topliss-reactive ketones (excluding diaryl/α,β-unsaturated/α-hetero) is 1. The van der Waals surface area contributed by atoms with Crippen LogP contribution in [0.2, 0.25) is 0 Å². The van der Waals surface area contributed by atoms with Gasteiger partial charge in [0.25, 0.3) is 0 Å². The number of nitrogens with two attached hydrogens (primary N) is 1. The first-order valence-electron chi connectivity index (χ1n) is 5.80. The second-order valence-corrected chi connectivity index (χ2v) is 5.45. The van der Waals surface area contributed by atoms with Gasteiger partial charge in [-0.3, -0.25) is 4.79 Å². The molecule has 0 aliphatic heterocycles. The van der Waals surface area contributed by atoms with Crippen LogP contribution in [0, 0.1) is 5.41 Å². The minimum atomic E-state index is -0.257. The third kappa shape index (κ3) is 9.88. The van der Waals surface area contributed by atoms with E-state index in [1.807, 2.05) is 0 Å². The molecule has 0 radical (unpaired) electrons. The van der Waals surface area contributed by atoms with E-state index in [0.29, 0.717) is 5.41 Å². The van der Waals surface area contributed by atoms with Crippen LogP contribution in [0.25, 0.3) is 0 Å². The van der Waals surface area contributed by atoms with Gasteiger partial charge in [-0.05, 0) is 38.3 Å². The first-order valence-corrected chi connectivity index (χ1v) is 5.80. The summed E-state index contributed by atoms with van der Waals surface area (Å²) in [4.78, 5) is 10.9. The van der Waals surface area contributed by atoms with Crippen LogP contribution in [0.3, 0.4) is 0 Å². The van der Waals surface area contributed by atoms with Gasteiger partial charge in [-0.15, -0.1) is 0 Å². The number of unbranched alkanes of at least 4 members (excludes halogenated alkanes) is 1. The molecule has 3 heteroatoms. The molecule has 0 saturated heterocycles. The highest BCUT2D eigenvalue weighted by Crippen LogP contribution is 2.10. The summed E-state index contributed by atoms with van der Waals surface area (Å²) in [6.07, 6.45) is 2.93. The summed E-state index contributed by atoms with van der Waals surface area (Å²) in [5.41, 5.74) is 5.97. The van der Waals surface area contributed by atoms with Gasteiger partial charge in [-0.2, -0.15) is 0 Å². The molecular weight excluding hydrogens is 188 g/mol. The predicted molar refractivity (Wildman–Crippen MR) is 64.8 cm³/mol. The van der Waals surface area contributed by atoms with Crippen molar-refractivity contribution in [2.45, 2.75) is 53.0 Å². The quantitative estimate of drug-likeness (QED) is 0.634. The van der Waals surface area contributed by atoms with Gasteiger partial charge in [0.1, 0.15) is 5.78 Å². The lowest BCUT2D eigenvalue weighted by atomic mass is 9.97. The van der Waals surface area contributed by atoms with Crippen molar-refractivity contribution < 1.29 is 4.79 Å². The molecule has 0 rings (SSSR count). The fourth-order valence-corrected chi connectivity index (χ4v) is 1.28. The average Bonchev–Trinajstić information content (AvgIpc) is 2.08. The first-order chi connectivity index (χ1) is 6.83. The molecule has 0 heterocycles. The summed E-state index contributed by atoms with van der Waals surface area (Å²) in [7, 11) is 0. The molecule has 0 aliphatic carbocycles. The molecule has 3 N–H and O–H groups in total. The largest absolute Gasteiger partial charge is 0.322 e. The van der Waals surface area contributed by atoms with E-state index in [1.165, 1.54) is 0 Å². The van der Waals surface area contributed by atoms with Crippen molar-refractivity contribution >= 4 is 5.78 Å². The Labute approximate surface area is 93.8 Å². The Morgan fingerprint density at radius 3 is 2.40 bits per heavy atom. The van der Waals surface area contributed by atoms with Crippen molar-refractivity contribution in [3.05, 3.63) is 0 Å². The van der Waals surface area contributed by atoms with Gasteiger partial charge in [-0.1, -0.05) is 27.2 Å². The van der Waals surface area contributed by atoms with E-state index in [0.717, 1.165) is 32.4 Å². The lowest BCUT2D eigenvalue weighted by molar-refractivity contribution is -0.118. The van der Waals surface area contributed by atoms with E-state index >= 15 is 0 Å². The molecule has 3 nitrogen and oxygen atoms in total. The highest BCUT2D eigenvalue weighted by atomic mass is 16.1. The Morgan fingerprint density at radius 2 is 1.93 bits per heavy atom. The van der Waals surface area contributed by atoms with Gasteiger partial charge in [0.15, 0.2) is 0 Å². The lowest BCUT2D eigenvalue weighted by Gasteiger charge is -2.18. The Bertz CT molecular complexity index is 185. The Kier molecular flexibility index (Phi) is 6.77. The van der Waals surface area contributed by atoms with Crippen LogP contribution in [0.4, 0.5) is 0 Å². The zero-order valence-electron chi connectivity index (χ0n) is 10.6. The van der Waals surface area contributed by atoms with Crippen molar-refractivity contribution in [3.8, 4) is 0 Å². The molecule has 0 bridgehead atoms. The molecule has 0 fully saturated rings. The number of rotatable bonds is 7. The summed E-state index contributed by atoms with van der Waals surface area (Å²) in [6.45, 7) is 10.2. The van der Waals surface area contributed by atoms with E-state index in [1.54, 1.807) is 6.92 Å². The van der Waals surface area contributed by atoms with Crippen LogP contribution in [0.15, 0.2) is 0 Å². The molecule has 90 valence electrons. The summed E-state index contributed by atoms with van der Waals surface area (Å²) >= 11 is 0. The molecule has 15 heavy (non-hydrogen) atoms. The zero-order valence-corrected chi connectivity index (χ0v) is 10.6. The SMILES string of the molecule is CC(=O)C(N)CCCCNCC(C)(C)C. The summed E-state index contributed by atoms with van der Waals surface area (Å²) in [6, 6.07) is -0.257. The fraction of sp³-hybridized carbons (Fsp3) is 0.917. The van der Waals surface area contributed by atoms with Gasteiger partial charge in [0, 0.05) is 0 Å². The van der Waals surface area contributed by atoms with Gasteiger partial charge >= 0.3 is 0 Å². The van der Waals surface area contributed by atoms with Crippen molar-refractivity contribution in [2.24, 2.45) is 11.1 Å². The van der Waals surface area contributed by atoms with Gasteiger partial charge in [-0.25, -0.2) is 0 Å². The maximum atomic E-state index is 10.9. The molecule has 0 aromatic rings. The Hall–Kier alpha value is -0.410. The zero-order chi connectivity index (χ0) is 11.9. The second-order valence-electron chi connectivity index (χ2n) is 5.45. The van der Waals surface area contributed by atoms with Crippen LogP contribution in [0.5, 0.6) is 0 Å². The molecule has 1 unspecified atom stereocenters. The average molecular weight is 214 g/mol. The monoisotopic (exact) mass is 214 g/mol. The second kappa shape index (κ2) is 6.96. The summed E-state index contributed by atoms with van der Waals surface area (Å²) in [5.74, 6) is 0.0950. The minimum absolute atomic E-state index is 0.0950. The molecule has 0 aromatic carbocycles. The summed E-state index contributed by atoms with van der Waals surface area (Å²) < 4.78 is 0. The van der Waals surface area contributed by atoms with Crippen LogP contribution >= 0.6 is 0 Å². The van der Waals surface area contributed by atoms with E-state index in [2.05, 4.69) is 26.1 Å². The van der Waals surface area contributed by atoms with Gasteiger partial charge in [0.05, 0.1) is 6.04 Å². The van der Waals surface area contributed by atoms with Gasteiger partial charge < -0.3 is 11.1 Å². The molecule has 0 spiro atoms. The lowest BCUT2D eigenvalue weighted by Crippen LogP contribution is -2.29. The first kappa shape index (κ1) is 14.6. The number of hydrogen-bond donors (Lipinski definition) is 2. The van der Waals surface area contributed by atoms with E-state index in [4.69, 9.17) is 5.73 Å². The van der Waals surface area contributed by atoms with E-state index < -0.39 is 0 Å². The number of hydrogen-bond acceptors (Lipinski definition) is 3. The smallest absolute Gasteiger partial charge is 0.146 e. The topological polar surface area (TPSA) is 55.1 Å². The van der Waals surface area contributed by atoms with Gasteiger partial charge in [0.2, 0.25) is 0 Å². The van der Waals surface area contributed by atoms with Crippen molar-refractivity contribution in [1.82, 2.24) is 5.32 Å². The number of ketones is 1. The van der Waals surface area contributed by atoms with Crippen LogP contribution in [-0.2, 0) is 4.79 Å². The van der Waals surface area contributed by atoms with E-state index in [-0.39, 0.29) is 11.8 Å². The molecule has 1 atom stereocenters. The number of carbonyl (C=O) groups is 1. The molecule has 0 aromatic heterocycles. The molecular formula is C12H26N2O.